The number of fused-ring (bicyclic) bond motifs is 1. The van der Waals surface area contributed by atoms with Crippen LogP contribution in [0, 0.1) is 6.92 Å². The van der Waals surface area contributed by atoms with Crippen LogP contribution >= 0.6 is 0 Å². The molecule has 0 radical (unpaired) electrons. The minimum Gasteiger partial charge on any atom is -0.460 e. The number of ether oxygens (including phenoxy) is 1. The number of carbonyl (C=O) groups is 2. The number of rotatable bonds is 4. The standard InChI is InChI=1S/C22H24N2O4/c1-13-10-11-19(27-13)18-12-16(15-8-6-7-9-17(15)23-18)21(26)28-14(2)20(25)24-22(3,4)5/h6-12,14H,1-5H3,(H,24,25)/t14-/m1/s1. The van der Waals surface area contributed by atoms with Gasteiger partial charge in [-0.25, -0.2) is 9.78 Å². The van der Waals surface area contributed by atoms with Crippen molar-refractivity contribution in [3.8, 4) is 11.5 Å². The second-order valence-electron chi connectivity index (χ2n) is 7.77. The van der Waals surface area contributed by atoms with Crippen LogP contribution in [0.25, 0.3) is 22.4 Å². The lowest BCUT2D eigenvalue weighted by Crippen LogP contribution is -2.46. The van der Waals surface area contributed by atoms with Crippen molar-refractivity contribution in [3.63, 3.8) is 0 Å². The molecule has 0 aliphatic heterocycles. The van der Waals surface area contributed by atoms with E-state index in [2.05, 4.69) is 10.3 Å². The fourth-order valence-corrected chi connectivity index (χ4v) is 2.79. The number of nitrogens with zero attached hydrogens (tertiary/aromatic N) is 1. The van der Waals surface area contributed by atoms with Gasteiger partial charge in [-0.2, -0.15) is 0 Å². The smallest absolute Gasteiger partial charge is 0.339 e. The zero-order chi connectivity index (χ0) is 20.5. The van der Waals surface area contributed by atoms with E-state index in [1.54, 1.807) is 25.1 Å². The summed E-state index contributed by atoms with van der Waals surface area (Å²) in [5.41, 5.74) is 1.11. The molecule has 6 heteroatoms. The van der Waals surface area contributed by atoms with E-state index in [1.807, 2.05) is 52.0 Å². The molecule has 0 unspecified atom stereocenters. The van der Waals surface area contributed by atoms with E-state index < -0.39 is 17.6 Å². The van der Waals surface area contributed by atoms with Gasteiger partial charge in [0.15, 0.2) is 11.9 Å². The van der Waals surface area contributed by atoms with Crippen LogP contribution in [0.2, 0.25) is 0 Å². The van der Waals surface area contributed by atoms with Crippen LogP contribution in [0.5, 0.6) is 0 Å². The highest BCUT2D eigenvalue weighted by Gasteiger charge is 2.24. The topological polar surface area (TPSA) is 81.4 Å². The van der Waals surface area contributed by atoms with E-state index in [0.29, 0.717) is 27.9 Å². The summed E-state index contributed by atoms with van der Waals surface area (Å²) in [5.74, 6) is 0.387. The number of benzene rings is 1. The lowest BCUT2D eigenvalue weighted by atomic mass is 10.1. The minimum absolute atomic E-state index is 0.338. The maximum Gasteiger partial charge on any atom is 0.339 e. The molecule has 146 valence electrons. The first-order valence-corrected chi connectivity index (χ1v) is 9.13. The quantitative estimate of drug-likeness (QED) is 0.684. The second kappa shape index (κ2) is 7.46. The number of hydrogen-bond donors (Lipinski definition) is 1. The minimum atomic E-state index is -0.923. The maximum atomic E-state index is 12.9. The van der Waals surface area contributed by atoms with Gasteiger partial charge < -0.3 is 14.5 Å². The molecule has 0 aliphatic carbocycles. The van der Waals surface area contributed by atoms with E-state index >= 15 is 0 Å². The van der Waals surface area contributed by atoms with Crippen molar-refractivity contribution in [2.75, 3.05) is 0 Å². The second-order valence-corrected chi connectivity index (χ2v) is 7.77. The number of carbonyl (C=O) groups excluding carboxylic acids is 2. The van der Waals surface area contributed by atoms with Crippen molar-refractivity contribution < 1.29 is 18.7 Å². The number of aryl methyl sites for hydroxylation is 1. The molecule has 1 aromatic carbocycles. The summed E-state index contributed by atoms with van der Waals surface area (Å²) in [6.07, 6.45) is -0.923. The third kappa shape index (κ3) is 4.39. The first kappa shape index (κ1) is 19.6. The third-order valence-corrected chi connectivity index (χ3v) is 4.08. The molecule has 28 heavy (non-hydrogen) atoms. The Kier molecular flexibility index (Phi) is 5.23. The van der Waals surface area contributed by atoms with Gasteiger partial charge in [0, 0.05) is 10.9 Å². The van der Waals surface area contributed by atoms with Gasteiger partial charge in [-0.3, -0.25) is 4.79 Å². The molecule has 0 saturated heterocycles. The van der Waals surface area contributed by atoms with Crippen LogP contribution in [0.1, 0.15) is 43.8 Å². The molecule has 0 aliphatic rings. The van der Waals surface area contributed by atoms with Crippen LogP contribution in [-0.4, -0.2) is 28.5 Å². The van der Waals surface area contributed by atoms with E-state index in [-0.39, 0.29) is 5.91 Å². The largest absolute Gasteiger partial charge is 0.460 e. The lowest BCUT2D eigenvalue weighted by molar-refractivity contribution is -0.130. The van der Waals surface area contributed by atoms with Crippen LogP contribution in [0.15, 0.2) is 46.9 Å². The summed E-state index contributed by atoms with van der Waals surface area (Å²) in [7, 11) is 0. The Morgan fingerprint density at radius 2 is 1.86 bits per heavy atom. The van der Waals surface area contributed by atoms with Crippen molar-refractivity contribution in [1.29, 1.82) is 0 Å². The fourth-order valence-electron chi connectivity index (χ4n) is 2.79. The monoisotopic (exact) mass is 380 g/mol. The van der Waals surface area contributed by atoms with Gasteiger partial charge in [-0.15, -0.1) is 0 Å². The molecule has 0 fully saturated rings. The molecule has 1 atom stereocenters. The third-order valence-electron chi connectivity index (χ3n) is 4.08. The number of pyridine rings is 1. The average Bonchev–Trinajstić information content (AvgIpc) is 3.05. The van der Waals surface area contributed by atoms with Gasteiger partial charge in [0.05, 0.1) is 11.1 Å². The lowest BCUT2D eigenvalue weighted by Gasteiger charge is -2.23. The predicted molar refractivity (Wildman–Crippen MR) is 107 cm³/mol. The Labute approximate surface area is 163 Å². The molecule has 0 saturated carbocycles. The summed E-state index contributed by atoms with van der Waals surface area (Å²) in [6, 6.07) is 12.6. The zero-order valence-electron chi connectivity index (χ0n) is 16.7. The molecule has 0 bridgehead atoms. The van der Waals surface area contributed by atoms with E-state index in [9.17, 15) is 9.59 Å². The molecule has 3 aromatic rings. The summed E-state index contributed by atoms with van der Waals surface area (Å²) in [5, 5.41) is 3.46. The van der Waals surface area contributed by atoms with E-state index in [0.717, 1.165) is 5.76 Å². The molecule has 1 amide bonds. The summed E-state index contributed by atoms with van der Waals surface area (Å²) < 4.78 is 11.1. The highest BCUT2D eigenvalue weighted by atomic mass is 16.5. The molecule has 2 aromatic heterocycles. The van der Waals surface area contributed by atoms with Crippen LogP contribution < -0.4 is 5.32 Å². The summed E-state index contributed by atoms with van der Waals surface area (Å²) >= 11 is 0. The van der Waals surface area contributed by atoms with Gasteiger partial charge in [-0.05, 0) is 58.9 Å². The fraction of sp³-hybridized carbons (Fsp3) is 0.318. The molecule has 0 spiro atoms. The first-order valence-electron chi connectivity index (χ1n) is 9.13. The van der Waals surface area contributed by atoms with Crippen LogP contribution in [0.3, 0.4) is 0 Å². The molecule has 1 N–H and O–H groups in total. The van der Waals surface area contributed by atoms with Crippen LogP contribution in [-0.2, 0) is 9.53 Å². The maximum absolute atomic E-state index is 12.9. The number of hydrogen-bond acceptors (Lipinski definition) is 5. The van der Waals surface area contributed by atoms with Gasteiger partial charge in [0.1, 0.15) is 11.5 Å². The van der Waals surface area contributed by atoms with Crippen molar-refractivity contribution in [1.82, 2.24) is 10.3 Å². The molecular weight excluding hydrogens is 356 g/mol. The Hall–Kier alpha value is -3.15. The number of aromatic nitrogens is 1. The Morgan fingerprint density at radius 3 is 2.50 bits per heavy atom. The molecular formula is C22H24N2O4. The van der Waals surface area contributed by atoms with Crippen molar-refractivity contribution >= 4 is 22.8 Å². The normalized spacial score (nSPS) is 12.6. The first-order chi connectivity index (χ1) is 13.1. The number of nitrogens with one attached hydrogen (secondary N) is 1. The average molecular weight is 380 g/mol. The predicted octanol–water partition coefficient (Wildman–Crippen LogP) is 4.26. The van der Waals surface area contributed by atoms with Crippen molar-refractivity contribution in [3.05, 3.63) is 53.8 Å². The number of esters is 1. The Balaban J connectivity index is 1.94. The van der Waals surface area contributed by atoms with Crippen molar-refractivity contribution in [2.24, 2.45) is 0 Å². The Morgan fingerprint density at radius 1 is 1.14 bits per heavy atom. The number of amides is 1. The van der Waals surface area contributed by atoms with Gasteiger partial charge in [0.2, 0.25) is 0 Å². The summed E-state index contributed by atoms with van der Waals surface area (Å²) in [4.78, 5) is 29.7. The van der Waals surface area contributed by atoms with Gasteiger partial charge in [-0.1, -0.05) is 18.2 Å². The summed E-state index contributed by atoms with van der Waals surface area (Å²) in [6.45, 7) is 9.00. The van der Waals surface area contributed by atoms with Gasteiger partial charge >= 0.3 is 5.97 Å². The molecule has 3 rings (SSSR count). The van der Waals surface area contributed by atoms with E-state index in [4.69, 9.17) is 9.15 Å². The molecule has 6 nitrogen and oxygen atoms in total. The SMILES string of the molecule is Cc1ccc(-c2cc(C(=O)O[C@H](C)C(=O)NC(C)(C)C)c3ccccc3n2)o1. The Bertz CT molecular complexity index is 1030. The number of para-hydroxylation sites is 1. The van der Waals surface area contributed by atoms with Crippen molar-refractivity contribution in [2.45, 2.75) is 46.3 Å². The van der Waals surface area contributed by atoms with E-state index in [1.165, 1.54) is 0 Å². The zero-order valence-corrected chi connectivity index (χ0v) is 16.7. The van der Waals surface area contributed by atoms with Crippen LogP contribution in [0.4, 0.5) is 0 Å². The highest BCUT2D eigenvalue weighted by Crippen LogP contribution is 2.27. The molecule has 2 heterocycles. The van der Waals surface area contributed by atoms with Gasteiger partial charge in [0.25, 0.3) is 5.91 Å². The highest BCUT2D eigenvalue weighted by molar-refractivity contribution is 6.05. The number of furan rings is 1.